The fraction of sp³-hybridized carbons (Fsp3) is 0.409. The molecule has 0 aromatic heterocycles. The summed E-state index contributed by atoms with van der Waals surface area (Å²) in [6.45, 7) is 2.67. The molecule has 2 aromatic carbocycles. The molecule has 0 unspecified atom stereocenters. The summed E-state index contributed by atoms with van der Waals surface area (Å²) in [6, 6.07) is 12.6. The fourth-order valence-electron chi connectivity index (χ4n) is 3.02. The number of anilines is 1. The van der Waals surface area contributed by atoms with Crippen molar-refractivity contribution in [3.8, 4) is 17.2 Å². The second kappa shape index (κ2) is 11.5. The topological polar surface area (TPSA) is 94.2 Å². The highest BCUT2D eigenvalue weighted by Gasteiger charge is 2.21. The van der Waals surface area contributed by atoms with E-state index < -0.39 is 10.0 Å². The third kappa shape index (κ3) is 7.36. The number of carbonyl (C=O) groups is 1. The van der Waals surface area contributed by atoms with E-state index >= 15 is 0 Å². The van der Waals surface area contributed by atoms with Crippen LogP contribution in [0.3, 0.4) is 0 Å². The molecule has 0 atom stereocenters. The van der Waals surface area contributed by atoms with E-state index in [1.54, 1.807) is 31.4 Å². The van der Waals surface area contributed by atoms with E-state index in [4.69, 9.17) is 14.2 Å². The monoisotopic (exact) mass is 450 g/mol. The van der Waals surface area contributed by atoms with Gasteiger partial charge in [0, 0.05) is 13.0 Å². The molecule has 0 bridgehead atoms. The number of sulfonamides is 1. The van der Waals surface area contributed by atoms with Crippen LogP contribution in [-0.2, 0) is 14.8 Å². The second-order valence-electron chi connectivity index (χ2n) is 6.96. The first-order valence-electron chi connectivity index (χ1n) is 9.91. The normalized spacial score (nSPS) is 11.0. The molecule has 0 fully saturated rings. The van der Waals surface area contributed by atoms with Crippen LogP contribution < -0.4 is 23.8 Å². The minimum Gasteiger partial charge on any atom is -0.495 e. The van der Waals surface area contributed by atoms with Crippen LogP contribution in [-0.4, -0.2) is 54.5 Å². The second-order valence-corrected chi connectivity index (χ2v) is 8.87. The molecule has 170 valence electrons. The summed E-state index contributed by atoms with van der Waals surface area (Å²) in [5.74, 6) is 1.53. The lowest BCUT2D eigenvalue weighted by Crippen LogP contribution is -2.33. The zero-order valence-corrected chi connectivity index (χ0v) is 19.2. The molecule has 2 aromatic rings. The van der Waals surface area contributed by atoms with Crippen molar-refractivity contribution in [2.45, 2.75) is 19.8 Å². The van der Waals surface area contributed by atoms with Crippen LogP contribution in [0.5, 0.6) is 17.2 Å². The zero-order valence-electron chi connectivity index (χ0n) is 18.4. The maximum absolute atomic E-state index is 12.3. The molecule has 0 aliphatic rings. The van der Waals surface area contributed by atoms with E-state index in [0.29, 0.717) is 42.5 Å². The average Bonchev–Trinajstić information content (AvgIpc) is 2.73. The molecule has 0 aliphatic heterocycles. The third-order valence-electron chi connectivity index (χ3n) is 4.52. The predicted octanol–water partition coefficient (Wildman–Crippen LogP) is 2.75. The van der Waals surface area contributed by atoms with Gasteiger partial charge in [0.2, 0.25) is 15.9 Å². The Hall–Kier alpha value is -2.94. The number of amides is 1. The van der Waals surface area contributed by atoms with Gasteiger partial charge in [-0.1, -0.05) is 18.2 Å². The van der Waals surface area contributed by atoms with Gasteiger partial charge in [0.15, 0.2) is 11.5 Å². The van der Waals surface area contributed by atoms with Crippen molar-refractivity contribution in [1.82, 2.24) is 5.32 Å². The van der Waals surface area contributed by atoms with E-state index in [9.17, 15) is 13.2 Å². The van der Waals surface area contributed by atoms with Crippen LogP contribution in [0, 0.1) is 6.92 Å². The van der Waals surface area contributed by atoms with Gasteiger partial charge in [0.25, 0.3) is 0 Å². The summed E-state index contributed by atoms with van der Waals surface area (Å²) in [5, 5.41) is 2.78. The Morgan fingerprint density at radius 2 is 1.71 bits per heavy atom. The number of hydrogen-bond acceptors (Lipinski definition) is 6. The Morgan fingerprint density at radius 1 is 1.03 bits per heavy atom. The lowest BCUT2D eigenvalue weighted by molar-refractivity contribution is -0.121. The summed E-state index contributed by atoms with van der Waals surface area (Å²) < 4.78 is 42.1. The lowest BCUT2D eigenvalue weighted by atomic mass is 10.2. The number of nitrogens with one attached hydrogen (secondary N) is 1. The molecule has 1 N–H and O–H groups in total. The fourth-order valence-corrected chi connectivity index (χ4v) is 3.98. The smallest absolute Gasteiger partial charge is 0.232 e. The SMILES string of the molecule is COc1ccccc1OCCNC(=O)CCCN(c1cc(C)ccc1OC)S(C)(=O)=O. The van der Waals surface area contributed by atoms with Crippen molar-refractivity contribution >= 4 is 21.6 Å². The number of hydrogen-bond donors (Lipinski definition) is 1. The van der Waals surface area contributed by atoms with Gasteiger partial charge in [-0.05, 0) is 43.2 Å². The first-order valence-corrected chi connectivity index (χ1v) is 11.8. The average molecular weight is 451 g/mol. The molecule has 9 heteroatoms. The largest absolute Gasteiger partial charge is 0.495 e. The number of rotatable bonds is 12. The highest BCUT2D eigenvalue weighted by Crippen LogP contribution is 2.31. The van der Waals surface area contributed by atoms with E-state index in [2.05, 4.69) is 5.32 Å². The molecule has 2 rings (SSSR count). The molecule has 8 nitrogen and oxygen atoms in total. The van der Waals surface area contributed by atoms with Gasteiger partial charge in [-0.2, -0.15) is 0 Å². The van der Waals surface area contributed by atoms with Gasteiger partial charge < -0.3 is 19.5 Å². The predicted molar refractivity (Wildman–Crippen MR) is 121 cm³/mol. The number of nitrogens with zero attached hydrogens (tertiary/aromatic N) is 1. The highest BCUT2D eigenvalue weighted by molar-refractivity contribution is 7.92. The molecule has 0 spiro atoms. The van der Waals surface area contributed by atoms with Gasteiger partial charge in [0.1, 0.15) is 12.4 Å². The van der Waals surface area contributed by atoms with Gasteiger partial charge >= 0.3 is 0 Å². The van der Waals surface area contributed by atoms with E-state index in [0.717, 1.165) is 11.8 Å². The molecule has 31 heavy (non-hydrogen) atoms. The summed E-state index contributed by atoms with van der Waals surface area (Å²) in [5.41, 5.74) is 1.38. The van der Waals surface area contributed by atoms with Crippen molar-refractivity contribution < 1.29 is 27.4 Å². The molecule has 0 saturated carbocycles. The first-order chi connectivity index (χ1) is 14.8. The Labute approximate surface area is 184 Å². The van der Waals surface area contributed by atoms with Gasteiger partial charge in [-0.25, -0.2) is 8.42 Å². The molecule has 1 amide bonds. The number of ether oxygens (including phenoxy) is 3. The van der Waals surface area contributed by atoms with Crippen LogP contribution in [0.2, 0.25) is 0 Å². The van der Waals surface area contributed by atoms with Crippen molar-refractivity contribution in [1.29, 1.82) is 0 Å². The number of aryl methyl sites for hydroxylation is 1. The third-order valence-corrected chi connectivity index (χ3v) is 5.70. The Balaban J connectivity index is 1.84. The van der Waals surface area contributed by atoms with Gasteiger partial charge in [0.05, 0.1) is 32.7 Å². The Kier molecular flexibility index (Phi) is 8.99. The van der Waals surface area contributed by atoms with Crippen molar-refractivity contribution in [2.75, 3.05) is 44.5 Å². The van der Waals surface area contributed by atoms with Gasteiger partial charge in [-0.3, -0.25) is 9.10 Å². The molecule has 0 aliphatic carbocycles. The summed E-state index contributed by atoms with van der Waals surface area (Å²) in [7, 11) is -0.473. The maximum atomic E-state index is 12.3. The first kappa shape index (κ1) is 24.3. The lowest BCUT2D eigenvalue weighted by Gasteiger charge is -2.24. The standard InChI is InChI=1S/C22H30N2O6S/c1-17-11-12-19(28-2)18(16-17)24(31(4,26)27)14-7-10-22(25)23-13-15-30-21-9-6-5-8-20(21)29-3/h5-6,8-9,11-12,16H,7,10,13-15H2,1-4H3,(H,23,25). The van der Waals surface area contributed by atoms with Crippen LogP contribution in [0.25, 0.3) is 0 Å². The van der Waals surface area contributed by atoms with Crippen LogP contribution in [0.15, 0.2) is 42.5 Å². The quantitative estimate of drug-likeness (QED) is 0.500. The molecule has 0 radical (unpaired) electrons. The maximum Gasteiger partial charge on any atom is 0.232 e. The molecule has 0 heterocycles. The Morgan fingerprint density at radius 3 is 2.35 bits per heavy atom. The van der Waals surface area contributed by atoms with Crippen molar-refractivity contribution in [3.05, 3.63) is 48.0 Å². The van der Waals surface area contributed by atoms with E-state index in [1.807, 2.05) is 25.1 Å². The highest BCUT2D eigenvalue weighted by atomic mass is 32.2. The Bertz CT molecular complexity index is 978. The summed E-state index contributed by atoms with van der Waals surface area (Å²) >= 11 is 0. The summed E-state index contributed by atoms with van der Waals surface area (Å²) in [4.78, 5) is 12.1. The number of methoxy groups -OCH3 is 2. The number of benzene rings is 2. The minimum absolute atomic E-state index is 0.170. The molecular formula is C22H30N2O6S. The van der Waals surface area contributed by atoms with E-state index in [-0.39, 0.29) is 18.9 Å². The summed E-state index contributed by atoms with van der Waals surface area (Å²) in [6.07, 6.45) is 1.70. The van der Waals surface area contributed by atoms with E-state index in [1.165, 1.54) is 11.4 Å². The molecular weight excluding hydrogens is 420 g/mol. The van der Waals surface area contributed by atoms with Crippen molar-refractivity contribution in [2.24, 2.45) is 0 Å². The van der Waals surface area contributed by atoms with Crippen molar-refractivity contribution in [3.63, 3.8) is 0 Å². The zero-order chi connectivity index (χ0) is 22.9. The van der Waals surface area contributed by atoms with Crippen LogP contribution >= 0.6 is 0 Å². The number of para-hydroxylation sites is 2. The minimum atomic E-state index is -3.53. The van der Waals surface area contributed by atoms with Gasteiger partial charge in [-0.15, -0.1) is 0 Å². The van der Waals surface area contributed by atoms with Crippen LogP contribution in [0.1, 0.15) is 18.4 Å². The molecule has 0 saturated heterocycles. The number of carbonyl (C=O) groups excluding carboxylic acids is 1. The van der Waals surface area contributed by atoms with Crippen LogP contribution in [0.4, 0.5) is 5.69 Å².